The zero-order valence-corrected chi connectivity index (χ0v) is 14.2. The van der Waals surface area contributed by atoms with E-state index in [0.29, 0.717) is 46.8 Å². The Labute approximate surface area is 149 Å². The highest BCUT2D eigenvalue weighted by molar-refractivity contribution is 5.98. The summed E-state index contributed by atoms with van der Waals surface area (Å²) in [5.74, 6) is 0.778. The molecule has 1 N–H and O–H groups in total. The number of fused-ring (bicyclic) bond motifs is 2. The molecule has 26 heavy (non-hydrogen) atoms. The summed E-state index contributed by atoms with van der Waals surface area (Å²) in [5, 5.41) is 3.57. The summed E-state index contributed by atoms with van der Waals surface area (Å²) < 4.78 is 24.8. The number of para-hydroxylation sites is 2. The number of nitrogens with one attached hydrogen (secondary N) is 1. The van der Waals surface area contributed by atoms with Gasteiger partial charge in [-0.1, -0.05) is 12.1 Å². The van der Waals surface area contributed by atoms with Gasteiger partial charge in [-0.3, -0.25) is 9.78 Å². The molecule has 1 aromatic heterocycles. The average molecular weight is 352 g/mol. The van der Waals surface area contributed by atoms with Crippen LogP contribution in [0.4, 0.5) is 4.39 Å². The van der Waals surface area contributed by atoms with E-state index >= 15 is 0 Å². The fourth-order valence-electron chi connectivity index (χ4n) is 2.93. The van der Waals surface area contributed by atoms with Gasteiger partial charge >= 0.3 is 0 Å². The molecule has 0 fully saturated rings. The number of amides is 1. The van der Waals surface area contributed by atoms with E-state index in [9.17, 15) is 9.18 Å². The van der Waals surface area contributed by atoms with E-state index in [1.807, 2.05) is 24.3 Å². The van der Waals surface area contributed by atoms with E-state index in [2.05, 4.69) is 10.3 Å². The fraction of sp³-hybridized carbons (Fsp3) is 0.200. The molecule has 1 atom stereocenters. The Balaban J connectivity index is 1.46. The summed E-state index contributed by atoms with van der Waals surface area (Å²) in [6.07, 6.45) is -0.267. The molecular weight excluding hydrogens is 335 g/mol. The molecule has 5 nitrogen and oxygen atoms in total. The van der Waals surface area contributed by atoms with Crippen molar-refractivity contribution in [1.82, 2.24) is 10.3 Å². The molecule has 3 aromatic rings. The number of carbonyl (C=O) groups is 1. The molecule has 6 heteroatoms. The van der Waals surface area contributed by atoms with Crippen LogP contribution in [0.15, 0.2) is 48.5 Å². The van der Waals surface area contributed by atoms with Gasteiger partial charge in [-0.05, 0) is 37.3 Å². The Hall–Kier alpha value is -3.15. The number of benzene rings is 2. The lowest BCUT2D eigenvalue weighted by Crippen LogP contribution is -2.40. The first-order valence-electron chi connectivity index (χ1n) is 8.34. The van der Waals surface area contributed by atoms with Crippen molar-refractivity contribution < 1.29 is 18.7 Å². The maximum absolute atomic E-state index is 13.3. The topological polar surface area (TPSA) is 60.5 Å². The Bertz CT molecular complexity index is 990. The van der Waals surface area contributed by atoms with E-state index in [4.69, 9.17) is 9.47 Å². The van der Waals surface area contributed by atoms with Gasteiger partial charge in [0.05, 0.1) is 23.3 Å². The molecule has 1 unspecified atom stereocenters. The molecule has 1 amide bonds. The normalized spacial score (nSPS) is 15.7. The van der Waals surface area contributed by atoms with Crippen LogP contribution < -0.4 is 14.8 Å². The molecule has 1 aliphatic rings. The molecule has 0 saturated carbocycles. The molecule has 2 heterocycles. The van der Waals surface area contributed by atoms with Gasteiger partial charge in [0.25, 0.3) is 5.91 Å². The molecule has 1 aliphatic heterocycles. The third-order valence-corrected chi connectivity index (χ3v) is 4.27. The maximum atomic E-state index is 13.3. The molecule has 4 rings (SSSR count). The predicted molar refractivity (Wildman–Crippen MR) is 95.1 cm³/mol. The van der Waals surface area contributed by atoms with Gasteiger partial charge < -0.3 is 14.8 Å². The van der Waals surface area contributed by atoms with Crippen LogP contribution in [0.25, 0.3) is 10.9 Å². The standard InChI is InChI=1S/C20H17FN2O3/c1-12-16(8-13-6-7-14(21)9-17(13)23-12)20(24)22-10-15-11-25-18-4-2-3-5-19(18)26-15/h2-9,15H,10-11H2,1H3,(H,22,24). The van der Waals surface area contributed by atoms with Crippen molar-refractivity contribution in [3.8, 4) is 11.5 Å². The van der Waals surface area contributed by atoms with Crippen molar-refractivity contribution >= 4 is 16.8 Å². The van der Waals surface area contributed by atoms with Crippen LogP contribution >= 0.6 is 0 Å². The van der Waals surface area contributed by atoms with Crippen molar-refractivity contribution in [2.75, 3.05) is 13.2 Å². The smallest absolute Gasteiger partial charge is 0.253 e. The molecular formula is C20H17FN2O3. The molecule has 0 aliphatic carbocycles. The SMILES string of the molecule is Cc1nc2cc(F)ccc2cc1C(=O)NCC1COc2ccccc2O1. The summed E-state index contributed by atoms with van der Waals surface area (Å²) >= 11 is 0. The number of rotatable bonds is 3. The number of carbonyl (C=O) groups excluding carboxylic acids is 1. The zero-order valence-electron chi connectivity index (χ0n) is 14.2. The summed E-state index contributed by atoms with van der Waals surface area (Å²) in [5.41, 5.74) is 1.53. The number of pyridine rings is 1. The fourth-order valence-corrected chi connectivity index (χ4v) is 2.93. The van der Waals surface area contributed by atoms with Crippen LogP contribution in [-0.4, -0.2) is 30.1 Å². The van der Waals surface area contributed by atoms with Crippen LogP contribution in [-0.2, 0) is 0 Å². The number of aryl methyl sites for hydroxylation is 1. The minimum Gasteiger partial charge on any atom is -0.486 e. The predicted octanol–water partition coefficient (Wildman–Crippen LogP) is 3.25. The van der Waals surface area contributed by atoms with Crippen LogP contribution in [0.1, 0.15) is 16.1 Å². The van der Waals surface area contributed by atoms with Crippen molar-refractivity contribution in [3.63, 3.8) is 0 Å². The second-order valence-corrected chi connectivity index (χ2v) is 6.17. The lowest BCUT2D eigenvalue weighted by molar-refractivity contribution is 0.0788. The van der Waals surface area contributed by atoms with Crippen LogP contribution in [0.2, 0.25) is 0 Å². The Kier molecular flexibility index (Phi) is 4.16. The van der Waals surface area contributed by atoms with E-state index in [1.54, 1.807) is 19.1 Å². The highest BCUT2D eigenvalue weighted by Gasteiger charge is 2.22. The van der Waals surface area contributed by atoms with Gasteiger partial charge in [0.1, 0.15) is 18.5 Å². The number of hydrogen-bond donors (Lipinski definition) is 1. The lowest BCUT2D eigenvalue weighted by Gasteiger charge is -2.26. The maximum Gasteiger partial charge on any atom is 0.253 e. The number of hydrogen-bond acceptors (Lipinski definition) is 4. The van der Waals surface area contributed by atoms with Gasteiger partial charge in [-0.25, -0.2) is 4.39 Å². The first kappa shape index (κ1) is 16.3. The monoisotopic (exact) mass is 352 g/mol. The van der Waals surface area contributed by atoms with Gasteiger partial charge in [-0.15, -0.1) is 0 Å². The summed E-state index contributed by atoms with van der Waals surface area (Å²) in [4.78, 5) is 16.9. The van der Waals surface area contributed by atoms with Gasteiger partial charge in [0.2, 0.25) is 0 Å². The molecule has 0 radical (unpaired) electrons. The summed E-state index contributed by atoms with van der Waals surface area (Å²) in [6.45, 7) is 2.41. The second-order valence-electron chi connectivity index (χ2n) is 6.17. The van der Waals surface area contributed by atoms with Gasteiger partial charge in [0.15, 0.2) is 11.5 Å². The van der Waals surface area contributed by atoms with Crippen LogP contribution in [0.3, 0.4) is 0 Å². The second kappa shape index (κ2) is 6.63. The minimum atomic E-state index is -0.351. The van der Waals surface area contributed by atoms with Crippen molar-refractivity contribution in [2.45, 2.75) is 13.0 Å². The minimum absolute atomic E-state index is 0.247. The summed E-state index contributed by atoms with van der Waals surface area (Å²) in [7, 11) is 0. The highest BCUT2D eigenvalue weighted by Crippen LogP contribution is 2.30. The van der Waals surface area contributed by atoms with E-state index in [0.717, 1.165) is 0 Å². The Morgan fingerprint density at radius 1 is 1.23 bits per heavy atom. The lowest BCUT2D eigenvalue weighted by atomic mass is 10.1. The molecule has 0 bridgehead atoms. The van der Waals surface area contributed by atoms with Gasteiger partial charge in [0, 0.05) is 11.5 Å². The Morgan fingerprint density at radius 3 is 2.88 bits per heavy atom. The molecule has 2 aromatic carbocycles. The summed E-state index contributed by atoms with van der Waals surface area (Å²) in [6, 6.07) is 13.5. The zero-order chi connectivity index (χ0) is 18.1. The third-order valence-electron chi connectivity index (χ3n) is 4.27. The van der Waals surface area contributed by atoms with Crippen molar-refractivity contribution in [2.24, 2.45) is 0 Å². The molecule has 0 spiro atoms. The van der Waals surface area contributed by atoms with E-state index in [-0.39, 0.29) is 17.8 Å². The first-order chi connectivity index (χ1) is 12.6. The number of nitrogens with zero attached hydrogens (tertiary/aromatic N) is 1. The largest absolute Gasteiger partial charge is 0.486 e. The van der Waals surface area contributed by atoms with Crippen LogP contribution in [0.5, 0.6) is 11.5 Å². The van der Waals surface area contributed by atoms with Crippen molar-refractivity contribution in [1.29, 1.82) is 0 Å². The van der Waals surface area contributed by atoms with E-state index in [1.165, 1.54) is 12.1 Å². The van der Waals surface area contributed by atoms with Crippen molar-refractivity contribution in [3.05, 3.63) is 65.6 Å². The van der Waals surface area contributed by atoms with Crippen LogP contribution in [0, 0.1) is 12.7 Å². The molecule has 132 valence electrons. The quantitative estimate of drug-likeness (QED) is 0.786. The van der Waals surface area contributed by atoms with Gasteiger partial charge in [-0.2, -0.15) is 0 Å². The third kappa shape index (κ3) is 3.18. The average Bonchev–Trinajstić information content (AvgIpc) is 2.65. The highest BCUT2D eigenvalue weighted by atomic mass is 19.1. The first-order valence-corrected chi connectivity index (χ1v) is 8.34. The Morgan fingerprint density at radius 2 is 2.04 bits per heavy atom. The number of aromatic nitrogens is 1. The number of halogens is 1. The number of ether oxygens (including phenoxy) is 2. The van der Waals surface area contributed by atoms with E-state index < -0.39 is 0 Å². The molecule has 0 saturated heterocycles.